The molecule has 2 aliphatic rings. The first-order chi connectivity index (χ1) is 23.4. The summed E-state index contributed by atoms with van der Waals surface area (Å²) in [4.78, 5) is 59.8. The lowest BCUT2D eigenvalue weighted by molar-refractivity contribution is -0.124. The SMILES string of the molecule is CNC(=O)[C@@H](NC(=O)c1nc(-c2ccccc2)n2c1CN(C(=O)OC)CC2)C(C)(C)C.NC(=O)c1nc(-c2ccccc2)n2c1CNCC2. The van der Waals surface area contributed by atoms with Gasteiger partial charge in [-0.2, -0.15) is 0 Å². The second-order valence-corrected chi connectivity index (χ2v) is 12.8. The van der Waals surface area contributed by atoms with Gasteiger partial charge in [-0.1, -0.05) is 81.4 Å². The molecule has 0 spiro atoms. The fourth-order valence-corrected chi connectivity index (χ4v) is 5.97. The van der Waals surface area contributed by atoms with Crippen LogP contribution in [0.2, 0.25) is 0 Å². The number of benzene rings is 2. The first-order valence-electron chi connectivity index (χ1n) is 16.1. The van der Waals surface area contributed by atoms with Crippen LogP contribution in [0.4, 0.5) is 4.79 Å². The largest absolute Gasteiger partial charge is 0.453 e. The monoisotopic (exact) mass is 669 g/mol. The summed E-state index contributed by atoms with van der Waals surface area (Å²) in [6.07, 6.45) is -0.460. The predicted octanol–water partition coefficient (Wildman–Crippen LogP) is 2.77. The van der Waals surface area contributed by atoms with E-state index < -0.39 is 29.4 Å². The third kappa shape index (κ3) is 7.49. The molecule has 49 heavy (non-hydrogen) atoms. The average molecular weight is 670 g/mol. The third-order valence-electron chi connectivity index (χ3n) is 8.48. The number of carbonyl (C=O) groups excluding carboxylic acids is 4. The van der Waals surface area contributed by atoms with Crippen molar-refractivity contribution in [2.24, 2.45) is 11.1 Å². The summed E-state index contributed by atoms with van der Waals surface area (Å²) in [6, 6.07) is 18.7. The molecule has 258 valence electrons. The lowest BCUT2D eigenvalue weighted by atomic mass is 9.86. The van der Waals surface area contributed by atoms with Crippen molar-refractivity contribution in [1.82, 2.24) is 40.0 Å². The number of hydrogen-bond acceptors (Lipinski definition) is 8. The molecule has 4 aromatic rings. The maximum atomic E-state index is 13.3. The lowest BCUT2D eigenvalue weighted by Gasteiger charge is -2.30. The van der Waals surface area contributed by atoms with Gasteiger partial charge in [0.25, 0.3) is 11.8 Å². The first-order valence-corrected chi connectivity index (χ1v) is 16.1. The molecule has 0 fully saturated rings. The highest BCUT2D eigenvalue weighted by molar-refractivity contribution is 5.98. The zero-order chi connectivity index (χ0) is 35.3. The fourth-order valence-electron chi connectivity index (χ4n) is 5.97. The van der Waals surface area contributed by atoms with Gasteiger partial charge >= 0.3 is 6.09 Å². The Hall–Kier alpha value is -5.50. The van der Waals surface area contributed by atoms with Crippen molar-refractivity contribution in [3.63, 3.8) is 0 Å². The quantitative estimate of drug-likeness (QED) is 0.242. The van der Waals surface area contributed by atoms with Crippen molar-refractivity contribution in [3.05, 3.63) is 83.4 Å². The Morgan fingerprint density at radius 3 is 1.96 bits per heavy atom. The highest BCUT2D eigenvalue weighted by atomic mass is 16.5. The Bertz CT molecular complexity index is 1830. The maximum absolute atomic E-state index is 13.3. The van der Waals surface area contributed by atoms with Crippen molar-refractivity contribution < 1.29 is 23.9 Å². The van der Waals surface area contributed by atoms with E-state index in [0.29, 0.717) is 36.8 Å². The number of nitrogens with one attached hydrogen (secondary N) is 3. The number of primary amides is 1. The number of nitrogens with two attached hydrogens (primary N) is 1. The Morgan fingerprint density at radius 1 is 0.857 bits per heavy atom. The van der Waals surface area contributed by atoms with Gasteiger partial charge in [0.1, 0.15) is 17.7 Å². The molecule has 2 aromatic carbocycles. The molecule has 2 aromatic heterocycles. The zero-order valence-electron chi connectivity index (χ0n) is 28.4. The number of rotatable bonds is 6. The summed E-state index contributed by atoms with van der Waals surface area (Å²) >= 11 is 0. The molecule has 0 bridgehead atoms. The lowest BCUT2D eigenvalue weighted by Crippen LogP contribution is -2.53. The van der Waals surface area contributed by atoms with E-state index in [-0.39, 0.29) is 18.1 Å². The summed E-state index contributed by atoms with van der Waals surface area (Å²) in [5.74, 6) is 0.262. The van der Waals surface area contributed by atoms with Crippen LogP contribution in [-0.2, 0) is 35.7 Å². The van der Waals surface area contributed by atoms with Crippen molar-refractivity contribution >= 4 is 23.8 Å². The molecule has 6 rings (SSSR count). The minimum Gasteiger partial charge on any atom is -0.453 e. The van der Waals surface area contributed by atoms with E-state index >= 15 is 0 Å². The van der Waals surface area contributed by atoms with E-state index in [2.05, 4.69) is 30.5 Å². The van der Waals surface area contributed by atoms with Crippen LogP contribution in [-0.4, -0.2) is 81.1 Å². The topological polar surface area (TPSA) is 179 Å². The van der Waals surface area contributed by atoms with E-state index in [4.69, 9.17) is 10.5 Å². The van der Waals surface area contributed by atoms with E-state index in [0.717, 1.165) is 35.7 Å². The number of carbonyl (C=O) groups is 4. The second kappa shape index (κ2) is 14.7. The van der Waals surface area contributed by atoms with Crippen LogP contribution in [0.1, 0.15) is 53.1 Å². The molecule has 0 aliphatic carbocycles. The smallest absolute Gasteiger partial charge is 0.409 e. The molecular formula is C35H43N9O5. The number of ether oxygens (including phenoxy) is 1. The summed E-state index contributed by atoms with van der Waals surface area (Å²) in [6.45, 7) is 9.07. The normalized spacial score (nSPS) is 14.3. The Balaban J connectivity index is 0.000000219. The Labute approximate surface area is 285 Å². The van der Waals surface area contributed by atoms with Crippen molar-refractivity contribution in [2.75, 3.05) is 27.2 Å². The van der Waals surface area contributed by atoms with Crippen LogP contribution in [0.15, 0.2) is 60.7 Å². The number of likely N-dealkylation sites (N-methyl/N-ethyl adjacent to an activating group) is 1. The standard InChI is InChI=1S/C22H29N5O4.C13H14N4O/c1-22(2,3)17(20(29)23-4)25-19(28)16-15-13-26(21(30)31-5)11-12-27(15)18(24-16)14-9-7-6-8-10-14;14-12(18)11-10-8-15-6-7-17(10)13(16-11)9-4-2-1-3-5-9/h6-10,17H,11-13H2,1-5H3,(H,23,29)(H,25,28);1-5,15H,6-8H2,(H2,14,18)/t17-;/m1./s1. The molecule has 0 saturated carbocycles. The predicted molar refractivity (Wildman–Crippen MR) is 183 cm³/mol. The van der Waals surface area contributed by atoms with Crippen LogP contribution in [0.5, 0.6) is 0 Å². The molecule has 0 saturated heterocycles. The van der Waals surface area contributed by atoms with Crippen LogP contribution < -0.4 is 21.7 Å². The summed E-state index contributed by atoms with van der Waals surface area (Å²) in [7, 11) is 2.86. The van der Waals surface area contributed by atoms with E-state index in [1.807, 2.05) is 86.0 Å². The summed E-state index contributed by atoms with van der Waals surface area (Å²) < 4.78 is 8.88. The number of nitrogens with zero attached hydrogens (tertiary/aromatic N) is 5. The fraction of sp³-hybridized carbons (Fsp3) is 0.371. The Kier molecular flexibility index (Phi) is 10.5. The molecule has 4 amide bonds. The second-order valence-electron chi connectivity index (χ2n) is 12.8. The van der Waals surface area contributed by atoms with Crippen LogP contribution in [0.3, 0.4) is 0 Å². The minimum absolute atomic E-state index is 0.190. The molecule has 14 nitrogen and oxygen atoms in total. The van der Waals surface area contributed by atoms with Crippen LogP contribution >= 0.6 is 0 Å². The molecule has 0 radical (unpaired) electrons. The molecular weight excluding hydrogens is 626 g/mol. The number of methoxy groups -OCH3 is 1. The molecule has 4 heterocycles. The minimum atomic E-state index is -0.747. The Morgan fingerprint density at radius 2 is 1.43 bits per heavy atom. The van der Waals surface area contributed by atoms with Crippen molar-refractivity contribution in [3.8, 4) is 22.8 Å². The van der Waals surface area contributed by atoms with E-state index in [1.165, 1.54) is 19.1 Å². The molecule has 5 N–H and O–H groups in total. The molecule has 0 unspecified atom stereocenters. The number of imidazole rings is 2. The molecule has 1 atom stereocenters. The average Bonchev–Trinajstić information content (AvgIpc) is 3.70. The van der Waals surface area contributed by atoms with E-state index in [9.17, 15) is 19.2 Å². The molecule has 14 heteroatoms. The van der Waals surface area contributed by atoms with Gasteiger partial charge in [0.2, 0.25) is 5.91 Å². The number of aromatic nitrogens is 4. The zero-order valence-corrected chi connectivity index (χ0v) is 28.4. The highest BCUT2D eigenvalue weighted by Gasteiger charge is 2.36. The van der Waals surface area contributed by atoms with E-state index in [1.54, 1.807) is 0 Å². The van der Waals surface area contributed by atoms with Gasteiger partial charge in [-0.15, -0.1) is 0 Å². The number of hydrogen-bond donors (Lipinski definition) is 4. The van der Waals surface area contributed by atoms with Gasteiger partial charge < -0.3 is 40.5 Å². The third-order valence-corrected chi connectivity index (χ3v) is 8.48. The van der Waals surface area contributed by atoms with Gasteiger partial charge in [0.15, 0.2) is 11.4 Å². The highest BCUT2D eigenvalue weighted by Crippen LogP contribution is 2.28. The number of amides is 4. The van der Waals surface area contributed by atoms with Crippen molar-refractivity contribution in [1.29, 1.82) is 0 Å². The summed E-state index contributed by atoms with van der Waals surface area (Å²) in [5, 5.41) is 8.67. The van der Waals surface area contributed by atoms with Gasteiger partial charge in [0.05, 0.1) is 25.0 Å². The van der Waals surface area contributed by atoms with Gasteiger partial charge in [-0.3, -0.25) is 14.4 Å². The first kappa shape index (κ1) is 34.8. The number of fused-ring (bicyclic) bond motifs is 2. The van der Waals surface area contributed by atoms with Crippen molar-refractivity contribution in [2.45, 2.75) is 53.0 Å². The summed E-state index contributed by atoms with van der Waals surface area (Å²) in [5.41, 5.74) is 8.83. The van der Waals surface area contributed by atoms with Gasteiger partial charge in [-0.25, -0.2) is 14.8 Å². The van der Waals surface area contributed by atoms with Gasteiger partial charge in [-0.05, 0) is 5.41 Å². The maximum Gasteiger partial charge on any atom is 0.409 e. The van der Waals surface area contributed by atoms with Crippen LogP contribution in [0.25, 0.3) is 22.8 Å². The van der Waals surface area contributed by atoms with Gasteiger partial charge in [0, 0.05) is 50.9 Å². The molecule has 2 aliphatic heterocycles. The van der Waals surface area contributed by atoms with Crippen LogP contribution in [0, 0.1) is 5.41 Å².